The first-order chi connectivity index (χ1) is 25.6. The third kappa shape index (κ3) is 11.4. The van der Waals surface area contributed by atoms with Crippen molar-refractivity contribution in [3.05, 3.63) is 108 Å². The number of nitrogens with one attached hydrogen (secondary N) is 2. The van der Waals surface area contributed by atoms with E-state index < -0.39 is 0 Å². The number of nitrogen functional groups attached to an aromatic ring is 1. The molecule has 0 saturated heterocycles. The van der Waals surface area contributed by atoms with Crippen molar-refractivity contribution in [2.24, 2.45) is 5.92 Å². The minimum Gasteiger partial charge on any atom is -0.488 e. The van der Waals surface area contributed by atoms with Crippen molar-refractivity contribution in [1.82, 2.24) is 9.80 Å². The summed E-state index contributed by atoms with van der Waals surface area (Å²) in [4.78, 5) is 42.8. The highest BCUT2D eigenvalue weighted by atomic mass is 16.5. The third-order valence-corrected chi connectivity index (χ3v) is 9.75. The number of carbonyl (C=O) groups is 3. The van der Waals surface area contributed by atoms with Crippen molar-refractivity contribution in [2.45, 2.75) is 71.1 Å². The van der Waals surface area contributed by atoms with Crippen LogP contribution in [0, 0.1) is 5.92 Å². The molecular weight excluding hydrogens is 667 g/mol. The molecule has 0 radical (unpaired) electrons. The minimum atomic E-state index is -0.349. The molecule has 0 bridgehead atoms. The summed E-state index contributed by atoms with van der Waals surface area (Å²) in [5.41, 5.74) is 11.8. The maximum absolute atomic E-state index is 13.7. The van der Waals surface area contributed by atoms with Crippen LogP contribution in [-0.2, 0) is 27.3 Å². The van der Waals surface area contributed by atoms with Gasteiger partial charge in [0.05, 0.1) is 30.4 Å². The van der Waals surface area contributed by atoms with E-state index in [1.807, 2.05) is 55.5 Å². The summed E-state index contributed by atoms with van der Waals surface area (Å²) in [5.74, 6) is 0.247. The summed E-state index contributed by atoms with van der Waals surface area (Å²) in [7, 11) is 2.07. The molecule has 0 aromatic heterocycles. The first-order valence-electron chi connectivity index (χ1n) is 18.6. The molecule has 1 aliphatic heterocycles. The van der Waals surface area contributed by atoms with Crippen molar-refractivity contribution >= 4 is 34.8 Å². The van der Waals surface area contributed by atoms with Gasteiger partial charge in [-0.05, 0) is 73.8 Å². The van der Waals surface area contributed by atoms with Crippen LogP contribution in [0.1, 0.15) is 57.1 Å². The molecular formula is C43H53N5O5. The van der Waals surface area contributed by atoms with Gasteiger partial charge in [0.15, 0.2) is 0 Å². The van der Waals surface area contributed by atoms with Crippen molar-refractivity contribution in [2.75, 3.05) is 43.1 Å². The quantitative estimate of drug-likeness (QED) is 0.0789. The molecule has 0 unspecified atom stereocenters. The molecule has 10 heteroatoms. The summed E-state index contributed by atoms with van der Waals surface area (Å²) < 4.78 is 6.70. The second-order valence-corrected chi connectivity index (χ2v) is 14.2. The molecule has 4 aromatic carbocycles. The number of aliphatic hydroxyl groups excluding tert-OH is 1. The SMILES string of the molecule is C[C@@H]1CN([C@@H](C)CO)C(=O)Cc2cc(NC(=O)CCCCCC(=O)Nc3ccccc3N)ccc2O[C@@H]1CN(C)Cc1ccc(-c2ccccc2)cc1. The highest BCUT2D eigenvalue weighted by molar-refractivity contribution is 5.94. The number of nitrogens with zero attached hydrogens (tertiary/aromatic N) is 2. The number of para-hydroxylation sites is 2. The molecule has 5 N–H and O–H groups in total. The van der Waals surface area contributed by atoms with Crippen molar-refractivity contribution in [1.29, 1.82) is 0 Å². The molecule has 10 nitrogen and oxygen atoms in total. The van der Waals surface area contributed by atoms with E-state index in [4.69, 9.17) is 10.5 Å². The van der Waals surface area contributed by atoms with E-state index in [1.165, 1.54) is 16.7 Å². The van der Waals surface area contributed by atoms with E-state index >= 15 is 0 Å². The smallest absolute Gasteiger partial charge is 0.227 e. The molecule has 0 spiro atoms. The number of ether oxygens (including phenoxy) is 1. The van der Waals surface area contributed by atoms with E-state index in [2.05, 4.69) is 65.9 Å². The van der Waals surface area contributed by atoms with Crippen LogP contribution in [0.5, 0.6) is 5.75 Å². The number of aliphatic hydroxyl groups is 1. The summed E-state index contributed by atoms with van der Waals surface area (Å²) in [6.45, 7) is 5.60. The molecule has 4 aromatic rings. The van der Waals surface area contributed by atoms with Gasteiger partial charge in [0.25, 0.3) is 0 Å². The Morgan fingerprint density at radius 3 is 2.26 bits per heavy atom. The van der Waals surface area contributed by atoms with E-state index in [0.29, 0.717) is 67.1 Å². The van der Waals surface area contributed by atoms with Gasteiger partial charge in [-0.1, -0.05) is 80.1 Å². The van der Waals surface area contributed by atoms with Gasteiger partial charge in [-0.15, -0.1) is 0 Å². The van der Waals surface area contributed by atoms with Crippen molar-refractivity contribution in [3.8, 4) is 16.9 Å². The fraction of sp³-hybridized carbons (Fsp3) is 0.372. The molecule has 5 rings (SSSR count). The zero-order valence-electron chi connectivity index (χ0n) is 31.1. The summed E-state index contributed by atoms with van der Waals surface area (Å²) >= 11 is 0. The molecule has 0 aliphatic carbocycles. The van der Waals surface area contributed by atoms with Gasteiger partial charge in [0.2, 0.25) is 17.7 Å². The number of hydrogen-bond donors (Lipinski definition) is 4. The second kappa shape index (κ2) is 19.0. The predicted octanol–water partition coefficient (Wildman–Crippen LogP) is 6.74. The van der Waals surface area contributed by atoms with Crippen LogP contribution >= 0.6 is 0 Å². The average molecular weight is 720 g/mol. The number of amides is 3. The third-order valence-electron chi connectivity index (χ3n) is 9.75. The lowest BCUT2D eigenvalue weighted by Gasteiger charge is -2.34. The Balaban J connectivity index is 1.19. The average Bonchev–Trinajstić information content (AvgIpc) is 3.19. The van der Waals surface area contributed by atoms with E-state index in [0.717, 1.165) is 13.0 Å². The number of likely N-dealkylation sites (N-methyl/N-ethyl adjacent to an activating group) is 1. The lowest BCUT2D eigenvalue weighted by atomic mass is 10.0. The van der Waals surface area contributed by atoms with Gasteiger partial charge in [0.1, 0.15) is 11.9 Å². The fourth-order valence-electron chi connectivity index (χ4n) is 6.64. The van der Waals surface area contributed by atoms with Gasteiger partial charge >= 0.3 is 0 Å². The zero-order chi connectivity index (χ0) is 37.7. The second-order valence-electron chi connectivity index (χ2n) is 14.2. The molecule has 1 heterocycles. The number of anilines is 3. The van der Waals surface area contributed by atoms with Crippen LogP contribution in [0.2, 0.25) is 0 Å². The molecule has 0 saturated carbocycles. The summed E-state index contributed by atoms with van der Waals surface area (Å²) in [5, 5.41) is 15.8. The van der Waals surface area contributed by atoms with E-state index in [9.17, 15) is 19.5 Å². The first kappa shape index (κ1) is 39.0. The van der Waals surface area contributed by atoms with Gasteiger partial charge in [-0.2, -0.15) is 0 Å². The zero-order valence-corrected chi connectivity index (χ0v) is 31.1. The number of unbranched alkanes of at least 4 members (excludes halogenated alkanes) is 2. The Hall–Kier alpha value is -5.19. The van der Waals surface area contributed by atoms with Crippen LogP contribution < -0.4 is 21.1 Å². The standard InChI is InChI=1S/C43H53N5O5/c1-30-26-48(31(2)29-49)43(52)25-35-24-36(45-41(50)16-8-5-9-17-42(51)46-38-15-11-10-14-37(38)44)22-23-39(35)53-40(30)28-47(3)27-32-18-20-34(21-19-32)33-12-6-4-7-13-33/h4,6-7,10-15,18-24,30-31,40,49H,5,8-9,16-17,25-29,44H2,1-3H3,(H,45,50)(H,46,51)/t30-,31+,40-/m1/s1. The number of rotatable bonds is 15. The number of benzene rings is 4. The monoisotopic (exact) mass is 719 g/mol. The van der Waals surface area contributed by atoms with Crippen LogP contribution in [0.4, 0.5) is 17.1 Å². The number of fused-ring (bicyclic) bond motifs is 1. The Kier molecular flexibility index (Phi) is 14.0. The molecule has 0 fully saturated rings. The number of hydrogen-bond acceptors (Lipinski definition) is 7. The molecule has 53 heavy (non-hydrogen) atoms. The largest absolute Gasteiger partial charge is 0.488 e. The lowest BCUT2D eigenvalue weighted by molar-refractivity contribution is -0.134. The van der Waals surface area contributed by atoms with E-state index in [-0.39, 0.29) is 48.8 Å². The maximum atomic E-state index is 13.7. The topological polar surface area (TPSA) is 137 Å². The van der Waals surface area contributed by atoms with Gasteiger partial charge in [-0.3, -0.25) is 19.3 Å². The Labute approximate surface area is 313 Å². The molecule has 3 atom stereocenters. The Morgan fingerprint density at radius 1 is 0.906 bits per heavy atom. The highest BCUT2D eigenvalue weighted by Gasteiger charge is 2.31. The van der Waals surface area contributed by atoms with Crippen LogP contribution in [0.15, 0.2) is 97.1 Å². The first-order valence-corrected chi connectivity index (χ1v) is 18.6. The predicted molar refractivity (Wildman–Crippen MR) is 211 cm³/mol. The van der Waals surface area contributed by atoms with Gasteiger partial charge < -0.3 is 31.1 Å². The fourth-order valence-corrected chi connectivity index (χ4v) is 6.64. The molecule has 280 valence electrons. The number of carbonyl (C=O) groups excluding carboxylic acids is 3. The molecule has 1 aliphatic rings. The Bertz CT molecular complexity index is 1820. The lowest BCUT2D eigenvalue weighted by Crippen LogP contribution is -2.47. The van der Waals surface area contributed by atoms with Gasteiger partial charge in [-0.25, -0.2) is 0 Å². The van der Waals surface area contributed by atoms with Gasteiger partial charge in [0, 0.05) is 49.6 Å². The number of nitrogens with two attached hydrogens (primary N) is 1. The summed E-state index contributed by atoms with van der Waals surface area (Å²) in [6.07, 6.45) is 2.52. The maximum Gasteiger partial charge on any atom is 0.227 e. The summed E-state index contributed by atoms with van der Waals surface area (Å²) in [6, 6.07) is 31.2. The van der Waals surface area contributed by atoms with Crippen LogP contribution in [-0.4, -0.2) is 71.5 Å². The molecule has 3 amide bonds. The van der Waals surface area contributed by atoms with Crippen molar-refractivity contribution < 1.29 is 24.2 Å². The minimum absolute atomic E-state index is 0.0243. The van der Waals surface area contributed by atoms with Crippen molar-refractivity contribution in [3.63, 3.8) is 0 Å². The Morgan fingerprint density at radius 2 is 1.57 bits per heavy atom. The van der Waals surface area contributed by atoms with Crippen LogP contribution in [0.3, 0.4) is 0 Å². The normalized spacial score (nSPS) is 16.5. The van der Waals surface area contributed by atoms with E-state index in [1.54, 1.807) is 17.0 Å². The van der Waals surface area contributed by atoms with Crippen LogP contribution in [0.25, 0.3) is 11.1 Å². The highest BCUT2D eigenvalue weighted by Crippen LogP contribution is 2.30.